The summed E-state index contributed by atoms with van der Waals surface area (Å²) in [5.74, 6) is -1.43. The highest BCUT2D eigenvalue weighted by molar-refractivity contribution is 7.12. The summed E-state index contributed by atoms with van der Waals surface area (Å²) in [6.07, 6.45) is 0.382. The van der Waals surface area contributed by atoms with Crippen LogP contribution in [0.25, 0.3) is 0 Å². The van der Waals surface area contributed by atoms with E-state index in [0.29, 0.717) is 11.3 Å². The first-order valence-corrected chi connectivity index (χ1v) is 9.04. The Kier molecular flexibility index (Phi) is 5.37. The van der Waals surface area contributed by atoms with Crippen molar-refractivity contribution < 1.29 is 23.9 Å². The maximum absolute atomic E-state index is 12.6. The van der Waals surface area contributed by atoms with Gasteiger partial charge < -0.3 is 14.4 Å². The van der Waals surface area contributed by atoms with Gasteiger partial charge in [-0.1, -0.05) is 24.3 Å². The minimum absolute atomic E-state index is 0.282. The summed E-state index contributed by atoms with van der Waals surface area (Å²) in [5, 5.41) is 1.79. The van der Waals surface area contributed by atoms with Crippen LogP contribution in [0.3, 0.4) is 0 Å². The Bertz CT molecular complexity index is 844. The molecule has 0 spiro atoms. The molecule has 3 rings (SSSR count). The summed E-state index contributed by atoms with van der Waals surface area (Å²) < 4.78 is 10.0. The molecule has 0 unspecified atom stereocenters. The number of fused-ring (bicyclic) bond motifs is 1. The molecular weight excluding hydrogens is 354 g/mol. The van der Waals surface area contributed by atoms with Crippen molar-refractivity contribution in [3.8, 4) is 0 Å². The van der Waals surface area contributed by atoms with Gasteiger partial charge in [-0.2, -0.15) is 0 Å². The van der Waals surface area contributed by atoms with Crippen LogP contribution in [0.15, 0.2) is 35.7 Å². The SMILES string of the molecule is COC(=O)[C@@H]1Cc2ccccc2CN1C(=O)COC(=O)c1sccc1C. The molecule has 2 aromatic rings. The predicted molar refractivity (Wildman–Crippen MR) is 95.8 cm³/mol. The second-order valence-corrected chi connectivity index (χ2v) is 6.96. The zero-order chi connectivity index (χ0) is 18.7. The van der Waals surface area contributed by atoms with Crippen molar-refractivity contribution in [2.24, 2.45) is 0 Å². The third kappa shape index (κ3) is 3.62. The van der Waals surface area contributed by atoms with E-state index in [4.69, 9.17) is 9.47 Å². The number of hydrogen-bond donors (Lipinski definition) is 0. The van der Waals surface area contributed by atoms with Crippen LogP contribution >= 0.6 is 11.3 Å². The molecule has 0 saturated heterocycles. The number of carbonyl (C=O) groups excluding carboxylic acids is 3. The van der Waals surface area contributed by atoms with Crippen molar-refractivity contribution in [2.45, 2.75) is 25.9 Å². The van der Waals surface area contributed by atoms with Gasteiger partial charge in [-0.15, -0.1) is 11.3 Å². The third-order valence-corrected chi connectivity index (χ3v) is 5.41. The lowest BCUT2D eigenvalue weighted by molar-refractivity contribution is -0.155. The highest BCUT2D eigenvalue weighted by Crippen LogP contribution is 2.24. The molecule has 1 amide bonds. The van der Waals surface area contributed by atoms with E-state index in [0.717, 1.165) is 16.7 Å². The molecule has 0 aliphatic carbocycles. The van der Waals surface area contributed by atoms with Crippen LogP contribution in [0.4, 0.5) is 0 Å². The zero-order valence-corrected chi connectivity index (χ0v) is 15.4. The highest BCUT2D eigenvalue weighted by Gasteiger charge is 2.35. The van der Waals surface area contributed by atoms with Gasteiger partial charge in [-0.3, -0.25) is 4.79 Å². The second-order valence-electron chi connectivity index (χ2n) is 6.04. The first-order valence-electron chi connectivity index (χ1n) is 8.16. The number of hydrogen-bond acceptors (Lipinski definition) is 6. The molecule has 1 atom stereocenters. The van der Waals surface area contributed by atoms with Crippen LogP contribution in [0.2, 0.25) is 0 Å². The molecule has 26 heavy (non-hydrogen) atoms. The van der Waals surface area contributed by atoms with E-state index < -0.39 is 30.5 Å². The van der Waals surface area contributed by atoms with Crippen molar-refractivity contribution >= 4 is 29.2 Å². The summed E-state index contributed by atoms with van der Waals surface area (Å²) in [4.78, 5) is 38.8. The van der Waals surface area contributed by atoms with Crippen LogP contribution in [0.5, 0.6) is 0 Å². The normalized spacial score (nSPS) is 15.9. The number of esters is 2. The monoisotopic (exact) mass is 373 g/mol. The highest BCUT2D eigenvalue weighted by atomic mass is 32.1. The zero-order valence-electron chi connectivity index (χ0n) is 14.6. The standard InChI is InChI=1S/C19H19NO5S/c1-12-7-8-26-17(12)19(23)25-11-16(21)20-10-14-6-4-3-5-13(14)9-15(20)18(22)24-2/h3-8,15H,9-11H2,1-2H3/t15-/m0/s1. The minimum atomic E-state index is -0.718. The first kappa shape index (κ1) is 18.1. The van der Waals surface area contributed by atoms with Crippen molar-refractivity contribution in [2.75, 3.05) is 13.7 Å². The lowest BCUT2D eigenvalue weighted by atomic mass is 9.94. The molecule has 1 aromatic carbocycles. The number of nitrogens with zero attached hydrogens (tertiary/aromatic N) is 1. The second kappa shape index (κ2) is 7.70. The van der Waals surface area contributed by atoms with Crippen molar-refractivity contribution in [1.29, 1.82) is 0 Å². The average Bonchev–Trinajstić information content (AvgIpc) is 3.10. The number of rotatable bonds is 4. The van der Waals surface area contributed by atoms with Gasteiger partial charge in [0.05, 0.1) is 7.11 Å². The van der Waals surface area contributed by atoms with Gasteiger partial charge in [0.25, 0.3) is 5.91 Å². The molecule has 1 aromatic heterocycles. The van der Waals surface area contributed by atoms with Crippen molar-refractivity contribution in [3.05, 3.63) is 57.3 Å². The van der Waals surface area contributed by atoms with Crippen LogP contribution in [-0.2, 0) is 32.0 Å². The Morgan fingerprint density at radius 2 is 1.92 bits per heavy atom. The number of thiophene rings is 1. The van der Waals surface area contributed by atoms with E-state index in [1.165, 1.54) is 23.3 Å². The molecule has 136 valence electrons. The summed E-state index contributed by atoms with van der Waals surface area (Å²) in [7, 11) is 1.30. The number of carbonyl (C=O) groups is 3. The van der Waals surface area contributed by atoms with Gasteiger partial charge in [-0.25, -0.2) is 9.59 Å². The molecule has 1 aliphatic heterocycles. The molecule has 0 bridgehead atoms. The Labute approximate surface area is 155 Å². The predicted octanol–water partition coefficient (Wildman–Crippen LogP) is 2.34. The van der Waals surface area contributed by atoms with Crippen molar-refractivity contribution in [3.63, 3.8) is 0 Å². The van der Waals surface area contributed by atoms with Gasteiger partial charge >= 0.3 is 11.9 Å². The van der Waals surface area contributed by atoms with Crippen LogP contribution in [-0.4, -0.2) is 42.5 Å². The van der Waals surface area contributed by atoms with E-state index in [-0.39, 0.29) is 6.54 Å². The lowest BCUT2D eigenvalue weighted by Crippen LogP contribution is -2.50. The minimum Gasteiger partial charge on any atom is -0.467 e. The average molecular weight is 373 g/mol. The number of amides is 1. The van der Waals surface area contributed by atoms with Crippen LogP contribution in [0.1, 0.15) is 26.4 Å². The number of benzene rings is 1. The molecule has 2 heterocycles. The molecule has 0 fully saturated rings. The maximum atomic E-state index is 12.6. The fourth-order valence-electron chi connectivity index (χ4n) is 2.99. The van der Waals surface area contributed by atoms with Crippen molar-refractivity contribution in [1.82, 2.24) is 4.90 Å². The Hall–Kier alpha value is -2.67. The fourth-order valence-corrected chi connectivity index (χ4v) is 3.81. The molecule has 0 N–H and O–H groups in total. The van der Waals surface area contributed by atoms with E-state index in [2.05, 4.69) is 0 Å². The third-order valence-electron chi connectivity index (χ3n) is 4.42. The molecule has 1 aliphatic rings. The van der Waals surface area contributed by atoms with Crippen LogP contribution in [0, 0.1) is 6.92 Å². The summed E-state index contributed by atoms with van der Waals surface area (Å²) in [6.45, 7) is 1.68. The number of aryl methyl sites for hydroxylation is 1. The summed E-state index contributed by atoms with van der Waals surface area (Å²) in [6, 6.07) is 8.74. The molecular formula is C19H19NO5S. The molecule has 0 saturated carbocycles. The number of methoxy groups -OCH3 is 1. The molecule has 7 heteroatoms. The van der Waals surface area contributed by atoms with Gasteiger partial charge in [0.15, 0.2) is 6.61 Å². The van der Waals surface area contributed by atoms with Gasteiger partial charge in [0.2, 0.25) is 0 Å². The Balaban J connectivity index is 1.72. The van der Waals surface area contributed by atoms with E-state index in [1.54, 1.807) is 5.38 Å². The largest absolute Gasteiger partial charge is 0.467 e. The Morgan fingerprint density at radius 3 is 2.58 bits per heavy atom. The Morgan fingerprint density at radius 1 is 1.19 bits per heavy atom. The van der Waals surface area contributed by atoms with Crippen LogP contribution < -0.4 is 0 Å². The maximum Gasteiger partial charge on any atom is 0.349 e. The topological polar surface area (TPSA) is 72.9 Å². The summed E-state index contributed by atoms with van der Waals surface area (Å²) in [5.41, 5.74) is 2.80. The van der Waals surface area contributed by atoms with E-state index in [9.17, 15) is 14.4 Å². The lowest BCUT2D eigenvalue weighted by Gasteiger charge is -2.35. The van der Waals surface area contributed by atoms with Gasteiger partial charge in [-0.05, 0) is 35.1 Å². The fraction of sp³-hybridized carbons (Fsp3) is 0.316. The van der Waals surface area contributed by atoms with E-state index in [1.807, 2.05) is 37.3 Å². The molecule has 0 radical (unpaired) electrons. The summed E-state index contributed by atoms with van der Waals surface area (Å²) >= 11 is 1.27. The van der Waals surface area contributed by atoms with E-state index >= 15 is 0 Å². The van der Waals surface area contributed by atoms with Gasteiger partial charge in [0.1, 0.15) is 10.9 Å². The smallest absolute Gasteiger partial charge is 0.349 e. The quantitative estimate of drug-likeness (QED) is 0.769. The van der Waals surface area contributed by atoms with Gasteiger partial charge in [0, 0.05) is 13.0 Å². The number of ether oxygens (including phenoxy) is 2. The molecule has 6 nitrogen and oxygen atoms in total. The first-order chi connectivity index (χ1) is 12.5.